The Morgan fingerprint density at radius 3 is 0.412 bits per heavy atom. The van der Waals surface area contributed by atoms with Gasteiger partial charge in [-0.25, -0.2) is 0 Å². The molecule has 0 fully saturated rings. The van der Waals surface area contributed by atoms with Crippen molar-refractivity contribution in [2.24, 2.45) is 0 Å². The first kappa shape index (κ1) is 51.0. The summed E-state index contributed by atoms with van der Waals surface area (Å²) in [6.07, 6.45) is 67.0. The van der Waals surface area contributed by atoms with Gasteiger partial charge >= 0.3 is 0 Å². The van der Waals surface area contributed by atoms with Crippen molar-refractivity contribution in [2.75, 3.05) is 13.2 Å². The standard InChI is InChI=1S/C50H102O/c1-3-5-7-9-11-13-15-17-19-21-23-25-26-27-28-29-30-32-34-36-38-40-42-44-46-48-50-51-49-47-45-43-41-39-37-35-33-31-24-22-20-18-16-14-12-10-8-6-4-2/h3-50H2,1-2H3. The Morgan fingerprint density at radius 1 is 0.157 bits per heavy atom. The first-order valence-corrected chi connectivity index (χ1v) is 25.0. The molecule has 0 atom stereocenters. The zero-order valence-electron chi connectivity index (χ0n) is 36.3. The fourth-order valence-corrected chi connectivity index (χ4v) is 8.08. The van der Waals surface area contributed by atoms with Crippen LogP contribution in [0, 0.1) is 0 Å². The molecule has 308 valence electrons. The summed E-state index contributed by atoms with van der Waals surface area (Å²) in [6, 6.07) is 0. The number of rotatable bonds is 48. The van der Waals surface area contributed by atoms with Gasteiger partial charge in [-0.3, -0.25) is 0 Å². The highest BCUT2D eigenvalue weighted by Gasteiger charge is 1.99. The minimum atomic E-state index is 0.998. The van der Waals surface area contributed by atoms with Crippen LogP contribution in [0.4, 0.5) is 0 Å². The van der Waals surface area contributed by atoms with Crippen LogP contribution in [0.2, 0.25) is 0 Å². The third-order valence-corrected chi connectivity index (χ3v) is 11.8. The maximum Gasteiger partial charge on any atom is 0.0466 e. The highest BCUT2D eigenvalue weighted by Crippen LogP contribution is 2.17. The van der Waals surface area contributed by atoms with Crippen LogP contribution in [-0.2, 0) is 4.74 Å². The molecule has 1 heteroatoms. The molecule has 1 nitrogen and oxygen atoms in total. The van der Waals surface area contributed by atoms with Gasteiger partial charge in [-0.2, -0.15) is 0 Å². The van der Waals surface area contributed by atoms with E-state index in [0.29, 0.717) is 0 Å². The largest absolute Gasteiger partial charge is 0.381 e. The summed E-state index contributed by atoms with van der Waals surface area (Å²) < 4.78 is 5.93. The lowest BCUT2D eigenvalue weighted by Gasteiger charge is -2.06. The molecule has 0 radical (unpaired) electrons. The minimum Gasteiger partial charge on any atom is -0.381 e. The van der Waals surface area contributed by atoms with Gasteiger partial charge in [0.05, 0.1) is 0 Å². The topological polar surface area (TPSA) is 9.23 Å². The van der Waals surface area contributed by atoms with E-state index in [4.69, 9.17) is 4.74 Å². The van der Waals surface area contributed by atoms with Gasteiger partial charge in [0, 0.05) is 13.2 Å². The summed E-state index contributed by atoms with van der Waals surface area (Å²) in [5.74, 6) is 0. The fraction of sp³-hybridized carbons (Fsp3) is 1.00. The summed E-state index contributed by atoms with van der Waals surface area (Å²) >= 11 is 0. The average Bonchev–Trinajstić information content (AvgIpc) is 3.14. The van der Waals surface area contributed by atoms with E-state index in [1.807, 2.05) is 0 Å². The molecule has 0 aliphatic rings. The molecule has 0 aliphatic carbocycles. The molecule has 0 bridgehead atoms. The first-order valence-electron chi connectivity index (χ1n) is 25.0. The second kappa shape index (κ2) is 50.0. The van der Waals surface area contributed by atoms with E-state index in [2.05, 4.69) is 13.8 Å². The smallest absolute Gasteiger partial charge is 0.0466 e. The molecule has 0 aromatic heterocycles. The second-order valence-electron chi connectivity index (χ2n) is 17.2. The minimum absolute atomic E-state index is 0.998. The van der Waals surface area contributed by atoms with E-state index in [9.17, 15) is 0 Å². The van der Waals surface area contributed by atoms with Crippen LogP contribution in [0.3, 0.4) is 0 Å². The normalized spacial score (nSPS) is 11.6. The third-order valence-electron chi connectivity index (χ3n) is 11.8. The molecular weight excluding hydrogens is 617 g/mol. The van der Waals surface area contributed by atoms with E-state index < -0.39 is 0 Å². The lowest BCUT2D eigenvalue weighted by Crippen LogP contribution is -1.97. The van der Waals surface area contributed by atoms with Crippen molar-refractivity contribution in [2.45, 2.75) is 309 Å². The van der Waals surface area contributed by atoms with Gasteiger partial charge in [-0.1, -0.05) is 296 Å². The number of ether oxygens (including phenoxy) is 1. The molecule has 0 aromatic carbocycles. The molecule has 0 aliphatic heterocycles. The van der Waals surface area contributed by atoms with Crippen molar-refractivity contribution in [3.63, 3.8) is 0 Å². The van der Waals surface area contributed by atoms with Crippen LogP contribution in [0.1, 0.15) is 309 Å². The molecule has 0 saturated heterocycles. The van der Waals surface area contributed by atoms with E-state index in [1.54, 1.807) is 0 Å². The van der Waals surface area contributed by atoms with Gasteiger partial charge in [0.15, 0.2) is 0 Å². The van der Waals surface area contributed by atoms with Gasteiger partial charge < -0.3 is 4.74 Å². The Bertz CT molecular complexity index is 509. The molecular formula is C50H102O. The molecule has 0 saturated carbocycles. The molecule has 0 heterocycles. The van der Waals surface area contributed by atoms with E-state index in [1.165, 1.54) is 295 Å². The Balaban J connectivity index is 3.04. The van der Waals surface area contributed by atoms with Gasteiger partial charge in [0.1, 0.15) is 0 Å². The zero-order chi connectivity index (χ0) is 36.6. The van der Waals surface area contributed by atoms with Crippen molar-refractivity contribution in [3.8, 4) is 0 Å². The number of hydrogen-bond acceptors (Lipinski definition) is 1. The van der Waals surface area contributed by atoms with Crippen molar-refractivity contribution in [1.29, 1.82) is 0 Å². The Kier molecular flexibility index (Phi) is 49.9. The molecule has 0 N–H and O–H groups in total. The van der Waals surface area contributed by atoms with Crippen LogP contribution in [-0.4, -0.2) is 13.2 Å². The SMILES string of the molecule is CCCCCCCCCCCCCCCCCCCCCCCCCCCCOCCCCCCCCCCCCCCCCCCCCCC. The van der Waals surface area contributed by atoms with Crippen LogP contribution in [0.25, 0.3) is 0 Å². The maximum absolute atomic E-state index is 5.93. The predicted octanol–water partition coefficient (Wildman–Crippen LogP) is 19.0. The molecule has 0 rings (SSSR count). The quantitative estimate of drug-likeness (QED) is 0.0569. The summed E-state index contributed by atoms with van der Waals surface area (Å²) in [7, 11) is 0. The van der Waals surface area contributed by atoms with E-state index in [-0.39, 0.29) is 0 Å². The highest BCUT2D eigenvalue weighted by molar-refractivity contribution is 4.54. The average molecular weight is 719 g/mol. The maximum atomic E-state index is 5.93. The summed E-state index contributed by atoms with van der Waals surface area (Å²) in [5.41, 5.74) is 0. The van der Waals surface area contributed by atoms with Gasteiger partial charge in [-0.15, -0.1) is 0 Å². The van der Waals surface area contributed by atoms with Crippen LogP contribution in [0.5, 0.6) is 0 Å². The summed E-state index contributed by atoms with van der Waals surface area (Å²) in [5, 5.41) is 0. The third kappa shape index (κ3) is 50.0. The highest BCUT2D eigenvalue weighted by atomic mass is 16.5. The Hall–Kier alpha value is -0.0400. The number of unbranched alkanes of at least 4 members (excludes halogenated alkanes) is 44. The van der Waals surface area contributed by atoms with Crippen LogP contribution < -0.4 is 0 Å². The Morgan fingerprint density at radius 2 is 0.275 bits per heavy atom. The summed E-state index contributed by atoms with van der Waals surface area (Å²) in [4.78, 5) is 0. The van der Waals surface area contributed by atoms with E-state index >= 15 is 0 Å². The van der Waals surface area contributed by atoms with Gasteiger partial charge in [0.2, 0.25) is 0 Å². The monoisotopic (exact) mass is 719 g/mol. The lowest BCUT2D eigenvalue weighted by atomic mass is 10.0. The van der Waals surface area contributed by atoms with Crippen LogP contribution in [0.15, 0.2) is 0 Å². The van der Waals surface area contributed by atoms with Crippen molar-refractivity contribution in [3.05, 3.63) is 0 Å². The van der Waals surface area contributed by atoms with Crippen molar-refractivity contribution in [1.82, 2.24) is 0 Å². The molecule has 0 unspecified atom stereocenters. The Labute approximate surface area is 326 Å². The molecule has 0 amide bonds. The van der Waals surface area contributed by atoms with Crippen LogP contribution >= 0.6 is 0 Å². The van der Waals surface area contributed by atoms with Crippen molar-refractivity contribution >= 4 is 0 Å². The second-order valence-corrected chi connectivity index (χ2v) is 17.2. The molecule has 0 aromatic rings. The summed E-state index contributed by atoms with van der Waals surface area (Å²) in [6.45, 7) is 6.62. The zero-order valence-corrected chi connectivity index (χ0v) is 36.3. The molecule has 0 spiro atoms. The number of hydrogen-bond donors (Lipinski definition) is 0. The lowest BCUT2D eigenvalue weighted by molar-refractivity contribution is 0.125. The fourth-order valence-electron chi connectivity index (χ4n) is 8.08. The van der Waals surface area contributed by atoms with Gasteiger partial charge in [0.25, 0.3) is 0 Å². The van der Waals surface area contributed by atoms with Crippen molar-refractivity contribution < 1.29 is 4.74 Å². The van der Waals surface area contributed by atoms with Gasteiger partial charge in [-0.05, 0) is 12.8 Å². The molecule has 51 heavy (non-hydrogen) atoms. The van der Waals surface area contributed by atoms with E-state index in [0.717, 1.165) is 13.2 Å². The first-order chi connectivity index (χ1) is 25.4. The predicted molar refractivity (Wildman–Crippen MR) is 235 cm³/mol.